The lowest BCUT2D eigenvalue weighted by Crippen LogP contribution is -2.38. The van der Waals surface area contributed by atoms with Crippen molar-refractivity contribution < 1.29 is 14.4 Å². The predicted molar refractivity (Wildman–Crippen MR) is 267 cm³/mol. The van der Waals surface area contributed by atoms with Crippen LogP contribution in [0.25, 0.3) is 0 Å². The van der Waals surface area contributed by atoms with Crippen molar-refractivity contribution in [2.24, 2.45) is 16.2 Å². The van der Waals surface area contributed by atoms with E-state index in [1.165, 1.54) is 0 Å². The first-order chi connectivity index (χ1) is 33.1. The monoisotopic (exact) mass is 917 g/mol. The van der Waals surface area contributed by atoms with E-state index in [1.807, 2.05) is 61.5 Å². The van der Waals surface area contributed by atoms with E-state index in [0.717, 1.165) is 108 Å². The summed E-state index contributed by atoms with van der Waals surface area (Å²) in [6, 6.07) is 30.9. The Labute approximate surface area is 402 Å². The molecule has 3 aliphatic carbocycles. The standard InChI is InChI=1S/C57H59N9O3/c1-31-43-46(34-17-11-8-12-18-34)50-38(58-52(43)62-61-31)24-56(6,27-41(50)68)29-66-33(3)45-48(36-21-15-10-16-22-36)51-39(60-54(45)64-66)25-57(7,28-42(51)69)30-65-32(2)44-47(35-19-13-9-14-20-35)49-37(59-53(44)63-65)23-55(4,5)26-40(49)67/h8-22,46-48H,23-30H2,1-7H3,(H,59,63)(H,60,64)(H2,58,61,62)/t46?,47-,48+,56?,57?/m1/s1. The summed E-state index contributed by atoms with van der Waals surface area (Å²) in [4.78, 5) is 43.6. The largest absolute Gasteiger partial charge is 0.342 e. The molecule has 0 fully saturated rings. The average molecular weight is 918 g/mol. The summed E-state index contributed by atoms with van der Waals surface area (Å²) in [6.07, 6.45) is 3.28. The van der Waals surface area contributed by atoms with Crippen molar-refractivity contribution >= 4 is 34.8 Å². The van der Waals surface area contributed by atoms with Crippen molar-refractivity contribution in [2.45, 2.75) is 118 Å². The van der Waals surface area contributed by atoms with Gasteiger partial charge < -0.3 is 16.0 Å². The minimum Gasteiger partial charge on any atom is -0.342 e. The number of aromatic nitrogens is 6. The molecule has 0 radical (unpaired) electrons. The van der Waals surface area contributed by atoms with E-state index in [9.17, 15) is 9.59 Å². The van der Waals surface area contributed by atoms with Gasteiger partial charge >= 0.3 is 0 Å². The first kappa shape index (κ1) is 43.2. The van der Waals surface area contributed by atoms with Gasteiger partial charge in [0.1, 0.15) is 0 Å². The Morgan fingerprint density at radius 2 is 0.870 bits per heavy atom. The number of fused-ring (bicyclic) bond motifs is 3. The van der Waals surface area contributed by atoms with Gasteiger partial charge in [-0.05, 0) is 73.0 Å². The first-order valence-electron chi connectivity index (χ1n) is 24.5. The number of rotatable bonds is 7. The fourth-order valence-electron chi connectivity index (χ4n) is 13.1. The summed E-state index contributed by atoms with van der Waals surface area (Å²) in [7, 11) is 0. The lowest BCUT2D eigenvalue weighted by Gasteiger charge is -2.40. The number of ketones is 3. The Morgan fingerprint density at radius 1 is 0.493 bits per heavy atom. The number of aromatic amines is 1. The fraction of sp³-hybridized carbons (Fsp3) is 0.368. The summed E-state index contributed by atoms with van der Waals surface area (Å²) in [5.74, 6) is 2.03. The highest BCUT2D eigenvalue weighted by Gasteiger charge is 2.49. The maximum atomic E-state index is 15.0. The van der Waals surface area contributed by atoms with Crippen LogP contribution in [0, 0.1) is 37.0 Å². The number of nitrogens with one attached hydrogen (secondary N) is 4. The molecular weight excluding hydrogens is 859 g/mol. The zero-order valence-electron chi connectivity index (χ0n) is 40.5. The molecule has 6 aliphatic rings. The number of carbonyl (C=O) groups excluding carboxylic acids is 3. The number of carbonyl (C=O) groups is 3. The molecule has 6 aromatic rings. The second-order valence-electron chi connectivity index (χ2n) is 22.3. The van der Waals surface area contributed by atoms with Gasteiger partial charge in [0.05, 0.1) is 0 Å². The number of anilines is 3. The Morgan fingerprint density at radius 3 is 1.30 bits per heavy atom. The van der Waals surface area contributed by atoms with Gasteiger partial charge in [0.25, 0.3) is 0 Å². The van der Waals surface area contributed by atoms with Crippen LogP contribution in [-0.2, 0) is 27.5 Å². The molecule has 3 aliphatic heterocycles. The van der Waals surface area contributed by atoms with Gasteiger partial charge in [0.15, 0.2) is 34.8 Å². The van der Waals surface area contributed by atoms with Crippen LogP contribution in [-0.4, -0.2) is 47.1 Å². The molecule has 69 heavy (non-hydrogen) atoms. The second kappa shape index (κ2) is 15.5. The Balaban J connectivity index is 0.866. The minimum atomic E-state index is -0.482. The molecule has 12 rings (SSSR count). The number of Topliss-reactive ketones (excluding diaryl/α,β-unsaturated/α-hetero) is 3. The number of hydrogen-bond acceptors (Lipinski definition) is 9. The first-order valence-corrected chi connectivity index (χ1v) is 24.5. The Kier molecular flexibility index (Phi) is 9.69. The smallest absolute Gasteiger partial charge is 0.162 e. The zero-order valence-corrected chi connectivity index (χ0v) is 40.5. The molecule has 4 N–H and O–H groups in total. The fourth-order valence-corrected chi connectivity index (χ4v) is 13.1. The second-order valence-corrected chi connectivity index (χ2v) is 22.3. The van der Waals surface area contributed by atoms with E-state index in [1.54, 1.807) is 0 Å². The Hall–Kier alpha value is -7.08. The third-order valence-corrected chi connectivity index (χ3v) is 16.1. The Bertz CT molecular complexity index is 3260. The molecule has 3 unspecified atom stereocenters. The molecule has 3 aromatic heterocycles. The number of benzene rings is 3. The molecule has 0 saturated heterocycles. The van der Waals surface area contributed by atoms with E-state index in [2.05, 4.69) is 113 Å². The lowest BCUT2D eigenvalue weighted by molar-refractivity contribution is -0.119. The van der Waals surface area contributed by atoms with Crippen molar-refractivity contribution in [1.29, 1.82) is 0 Å². The van der Waals surface area contributed by atoms with Crippen LogP contribution < -0.4 is 16.0 Å². The third-order valence-electron chi connectivity index (χ3n) is 16.1. The molecule has 350 valence electrons. The summed E-state index contributed by atoms with van der Waals surface area (Å²) in [5, 5.41) is 29.4. The normalized spacial score (nSPS) is 25.7. The SMILES string of the molecule is Cc1[nH]nc2c1C(c1ccccc1)C1=C(CC(C)(Cn3nc4c(c3C)[C@H](c3ccccc3)C3=C(CC(C)(Cn5nc6c(c5C)[C@@H](c5ccccc5)C5=C(CC(C)(C)CC5=O)N6)CC3=O)N4)CC1=O)N2. The maximum Gasteiger partial charge on any atom is 0.162 e. The highest BCUT2D eigenvalue weighted by Crippen LogP contribution is 2.54. The van der Waals surface area contributed by atoms with Gasteiger partial charge in [-0.2, -0.15) is 15.3 Å². The van der Waals surface area contributed by atoms with Crippen molar-refractivity contribution in [3.8, 4) is 0 Å². The quantitative estimate of drug-likeness (QED) is 0.123. The van der Waals surface area contributed by atoms with Crippen LogP contribution in [0.2, 0.25) is 0 Å². The van der Waals surface area contributed by atoms with Crippen molar-refractivity contribution in [1.82, 2.24) is 29.8 Å². The predicted octanol–water partition coefficient (Wildman–Crippen LogP) is 10.7. The number of hydrogen-bond donors (Lipinski definition) is 4. The van der Waals surface area contributed by atoms with E-state index in [-0.39, 0.29) is 40.5 Å². The third kappa shape index (κ3) is 6.99. The highest BCUT2D eigenvalue weighted by molar-refractivity contribution is 6.03. The van der Waals surface area contributed by atoms with Gasteiger partial charge in [0.2, 0.25) is 0 Å². The number of nitrogens with zero attached hydrogens (tertiary/aromatic N) is 5. The zero-order chi connectivity index (χ0) is 47.7. The maximum absolute atomic E-state index is 15.0. The van der Waals surface area contributed by atoms with Gasteiger partial charge in [-0.1, -0.05) is 119 Å². The molecule has 5 atom stereocenters. The average Bonchev–Trinajstić information content (AvgIpc) is 3.93. The molecule has 6 heterocycles. The van der Waals surface area contributed by atoms with Gasteiger partial charge in [-0.15, -0.1) is 0 Å². The van der Waals surface area contributed by atoms with Crippen molar-refractivity contribution in [2.75, 3.05) is 16.0 Å². The van der Waals surface area contributed by atoms with E-state index in [4.69, 9.17) is 10.2 Å². The summed E-state index contributed by atoms with van der Waals surface area (Å²) in [6.45, 7) is 16.0. The molecule has 12 nitrogen and oxygen atoms in total. The molecule has 0 spiro atoms. The van der Waals surface area contributed by atoms with Gasteiger partial charge in [-0.3, -0.25) is 28.8 Å². The van der Waals surface area contributed by atoms with Crippen LogP contribution in [0.5, 0.6) is 0 Å². The summed E-state index contributed by atoms with van der Waals surface area (Å²) < 4.78 is 4.15. The summed E-state index contributed by atoms with van der Waals surface area (Å²) in [5.41, 5.74) is 13.4. The van der Waals surface area contributed by atoms with Crippen molar-refractivity contribution in [3.63, 3.8) is 0 Å². The minimum absolute atomic E-state index is 0.117. The number of H-pyrrole nitrogens is 1. The van der Waals surface area contributed by atoms with Crippen LogP contribution in [0.1, 0.15) is 134 Å². The van der Waals surface area contributed by atoms with Crippen LogP contribution in [0.15, 0.2) is 125 Å². The number of allylic oxidation sites excluding steroid dienone is 6. The molecule has 0 bridgehead atoms. The number of aryl methyl sites for hydroxylation is 1. The topological polar surface area (TPSA) is 152 Å². The lowest BCUT2D eigenvalue weighted by atomic mass is 9.67. The van der Waals surface area contributed by atoms with Crippen LogP contribution >= 0.6 is 0 Å². The van der Waals surface area contributed by atoms with Gasteiger partial charge in [-0.25, -0.2) is 0 Å². The molecule has 0 saturated carbocycles. The highest BCUT2D eigenvalue weighted by atomic mass is 16.1. The van der Waals surface area contributed by atoms with E-state index in [0.29, 0.717) is 45.2 Å². The van der Waals surface area contributed by atoms with Crippen LogP contribution in [0.3, 0.4) is 0 Å². The summed E-state index contributed by atoms with van der Waals surface area (Å²) >= 11 is 0. The van der Waals surface area contributed by atoms with E-state index >= 15 is 4.79 Å². The van der Waals surface area contributed by atoms with Gasteiger partial charge in [0, 0.05) is 118 Å². The van der Waals surface area contributed by atoms with Crippen molar-refractivity contribution in [3.05, 3.63) is 175 Å². The molecule has 12 heteroatoms. The molecular formula is C57H59N9O3. The molecule has 3 aromatic carbocycles. The molecule has 0 amide bonds. The van der Waals surface area contributed by atoms with Crippen LogP contribution in [0.4, 0.5) is 17.5 Å². The van der Waals surface area contributed by atoms with E-state index < -0.39 is 10.8 Å².